The molecule has 0 aliphatic carbocycles. The smallest absolute Gasteiger partial charge is 0.258 e. The van der Waals surface area contributed by atoms with Crippen LogP contribution in [-0.4, -0.2) is 48.6 Å². The van der Waals surface area contributed by atoms with Crippen LogP contribution >= 0.6 is 0 Å². The molecule has 0 radical (unpaired) electrons. The zero-order valence-electron chi connectivity index (χ0n) is 24.3. The molecule has 4 aromatic carbocycles. The lowest BCUT2D eigenvalue weighted by Crippen LogP contribution is -2.49. The number of rotatable bonds is 8. The molecular weight excluding hydrogens is 556 g/mol. The normalized spacial score (nSPS) is 20.9. The van der Waals surface area contributed by atoms with E-state index in [2.05, 4.69) is 5.32 Å². The molecule has 4 aromatic rings. The van der Waals surface area contributed by atoms with E-state index in [0.29, 0.717) is 35.1 Å². The van der Waals surface area contributed by atoms with Crippen molar-refractivity contribution in [3.05, 3.63) is 149 Å². The van der Waals surface area contributed by atoms with Crippen molar-refractivity contribution in [3.63, 3.8) is 0 Å². The highest BCUT2D eigenvalue weighted by Crippen LogP contribution is 2.48. The summed E-state index contributed by atoms with van der Waals surface area (Å²) < 4.78 is 24.6. The lowest BCUT2D eigenvalue weighted by molar-refractivity contribution is -0.119. The van der Waals surface area contributed by atoms with Gasteiger partial charge in [-0.1, -0.05) is 84.9 Å². The van der Waals surface area contributed by atoms with Crippen molar-refractivity contribution in [2.45, 2.75) is 30.5 Å². The van der Waals surface area contributed by atoms with Crippen molar-refractivity contribution in [2.24, 2.45) is 0 Å². The second kappa shape index (κ2) is 11.2. The molecule has 1 fully saturated rings. The fourth-order valence-corrected chi connectivity index (χ4v) is 6.21. The number of hydrogen-bond donors (Lipinski definition) is 2. The highest BCUT2D eigenvalue weighted by molar-refractivity contribution is 6.20. The molecule has 2 N–H and O–H groups in total. The van der Waals surface area contributed by atoms with Gasteiger partial charge in [-0.3, -0.25) is 4.79 Å². The topological polar surface area (TPSA) is 89.5 Å². The summed E-state index contributed by atoms with van der Waals surface area (Å²) in [4.78, 5) is 15.5. The van der Waals surface area contributed by atoms with Crippen LogP contribution in [0.15, 0.2) is 127 Å². The number of nitrogens with one attached hydrogen (secondary N) is 1. The summed E-state index contributed by atoms with van der Waals surface area (Å²) in [6.45, 7) is 0. The maximum absolute atomic E-state index is 13.6. The van der Waals surface area contributed by atoms with Gasteiger partial charge in [0.1, 0.15) is 23.8 Å². The van der Waals surface area contributed by atoms with E-state index in [-0.39, 0.29) is 5.91 Å². The average molecular weight is 589 g/mol. The maximum Gasteiger partial charge on any atom is 0.258 e. The van der Waals surface area contributed by atoms with Gasteiger partial charge in [-0.15, -0.1) is 0 Å². The van der Waals surface area contributed by atoms with E-state index in [1.165, 1.54) is 0 Å². The van der Waals surface area contributed by atoms with Crippen molar-refractivity contribution in [3.8, 4) is 11.5 Å². The van der Waals surface area contributed by atoms with Crippen molar-refractivity contribution < 1.29 is 28.8 Å². The Morgan fingerprint density at radius 2 is 1.34 bits per heavy atom. The monoisotopic (exact) mass is 588 g/mol. The van der Waals surface area contributed by atoms with Gasteiger partial charge in [-0.05, 0) is 29.8 Å². The number of fused-ring (bicyclic) bond motifs is 4. The van der Waals surface area contributed by atoms with E-state index in [9.17, 15) is 9.90 Å². The van der Waals surface area contributed by atoms with E-state index in [1.54, 1.807) is 20.4 Å². The molecule has 222 valence electrons. The van der Waals surface area contributed by atoms with Crippen LogP contribution in [-0.2, 0) is 19.9 Å². The molecule has 7 rings (SSSR count). The number of nitrogens with zero attached hydrogens (tertiary/aromatic N) is 1. The van der Waals surface area contributed by atoms with E-state index in [0.717, 1.165) is 22.3 Å². The summed E-state index contributed by atoms with van der Waals surface area (Å²) in [5, 5.41) is 14.4. The van der Waals surface area contributed by atoms with Crippen molar-refractivity contribution in [1.82, 2.24) is 10.2 Å². The molecule has 1 saturated heterocycles. The molecule has 1 amide bonds. The van der Waals surface area contributed by atoms with E-state index < -0.39 is 24.0 Å². The van der Waals surface area contributed by atoms with Gasteiger partial charge in [0.2, 0.25) is 0 Å². The first kappa shape index (κ1) is 27.8. The van der Waals surface area contributed by atoms with Crippen LogP contribution in [0.4, 0.5) is 0 Å². The van der Waals surface area contributed by atoms with Gasteiger partial charge >= 0.3 is 0 Å². The first-order valence-electron chi connectivity index (χ1n) is 14.5. The van der Waals surface area contributed by atoms with Crippen LogP contribution in [0, 0.1) is 0 Å². The average Bonchev–Trinajstić information content (AvgIpc) is 3.42. The number of methoxy groups -OCH3 is 2. The third kappa shape index (κ3) is 4.59. The van der Waals surface area contributed by atoms with Crippen LogP contribution in [0.2, 0.25) is 0 Å². The molecule has 8 nitrogen and oxygen atoms in total. The molecule has 1 unspecified atom stereocenters. The minimum absolute atomic E-state index is 0.265. The Morgan fingerprint density at radius 1 is 0.795 bits per heavy atom. The fourth-order valence-electron chi connectivity index (χ4n) is 6.21. The van der Waals surface area contributed by atoms with Crippen molar-refractivity contribution in [1.29, 1.82) is 0 Å². The summed E-state index contributed by atoms with van der Waals surface area (Å²) in [6, 6.07) is 34.7. The second-order valence-corrected chi connectivity index (χ2v) is 10.9. The predicted molar refractivity (Wildman–Crippen MR) is 164 cm³/mol. The molecule has 0 spiro atoms. The highest BCUT2D eigenvalue weighted by Gasteiger charge is 2.52. The summed E-state index contributed by atoms with van der Waals surface area (Å²) >= 11 is 0. The van der Waals surface area contributed by atoms with Gasteiger partial charge < -0.3 is 34.3 Å². The first-order chi connectivity index (χ1) is 21.5. The van der Waals surface area contributed by atoms with Gasteiger partial charge in [-0.25, -0.2) is 0 Å². The Kier molecular flexibility index (Phi) is 7.08. The fraction of sp³-hybridized carbons (Fsp3) is 0.194. The number of carbonyl (C=O) groups excluding carboxylic acids is 1. The highest BCUT2D eigenvalue weighted by atomic mass is 16.6. The van der Waals surface area contributed by atoms with Gasteiger partial charge in [0.05, 0.1) is 25.9 Å². The molecule has 3 aliphatic heterocycles. The molecule has 3 atom stereocenters. The number of carbonyl (C=O) groups is 1. The van der Waals surface area contributed by atoms with E-state index in [1.807, 2.05) is 114 Å². The van der Waals surface area contributed by atoms with Crippen LogP contribution in [0.25, 0.3) is 5.57 Å². The zero-order chi connectivity index (χ0) is 30.3. The lowest BCUT2D eigenvalue weighted by Gasteiger charge is -2.43. The molecule has 2 bridgehead atoms. The summed E-state index contributed by atoms with van der Waals surface area (Å²) in [5.41, 5.74) is 2.52. The molecular formula is C36H32N2O6. The summed E-state index contributed by atoms with van der Waals surface area (Å²) in [6.07, 6.45) is 0.0247. The largest absolute Gasteiger partial charge is 0.497 e. The standard InChI is InChI=1S/C36H32N2O6/c1-41-27-17-13-25(14-18-27)36(24-11-7-4-8-12-24,26-15-19-28(42-2)20-16-26)44-33-32-30(39)21-31(43-32)38-22-29(35(40)37-34(33)38)23-9-5-3-6-10-23/h3-20,22,30-32,39H,21H2,1-2H3,(H,37,40)/t30?,31-,32+/m1/s1. The predicted octanol–water partition coefficient (Wildman–Crippen LogP) is 5.14. The van der Waals surface area contributed by atoms with E-state index >= 15 is 0 Å². The molecule has 8 heteroatoms. The van der Waals surface area contributed by atoms with Gasteiger partial charge in [0.25, 0.3) is 5.91 Å². The molecule has 3 heterocycles. The third-order valence-electron chi connectivity index (χ3n) is 8.42. The van der Waals surface area contributed by atoms with Crippen LogP contribution in [0.3, 0.4) is 0 Å². The molecule has 44 heavy (non-hydrogen) atoms. The van der Waals surface area contributed by atoms with Crippen molar-refractivity contribution >= 4 is 11.5 Å². The Hall–Kier alpha value is -5.05. The second-order valence-electron chi connectivity index (χ2n) is 10.9. The number of ether oxygens (including phenoxy) is 4. The number of benzene rings is 4. The Bertz CT molecular complexity index is 1670. The van der Waals surface area contributed by atoms with Crippen LogP contribution in [0.1, 0.15) is 28.7 Å². The minimum atomic E-state index is -1.22. The van der Waals surface area contributed by atoms with Crippen LogP contribution < -0.4 is 14.8 Å². The van der Waals surface area contributed by atoms with E-state index in [4.69, 9.17) is 18.9 Å². The third-order valence-corrected chi connectivity index (χ3v) is 8.42. The van der Waals surface area contributed by atoms with Gasteiger partial charge in [0.15, 0.2) is 17.2 Å². The maximum atomic E-state index is 13.6. The van der Waals surface area contributed by atoms with Crippen molar-refractivity contribution in [2.75, 3.05) is 14.2 Å². The number of aliphatic hydroxyl groups excluding tert-OH is 1. The Morgan fingerprint density at radius 3 is 1.91 bits per heavy atom. The van der Waals surface area contributed by atoms with Gasteiger partial charge in [0, 0.05) is 29.3 Å². The minimum Gasteiger partial charge on any atom is -0.497 e. The quantitative estimate of drug-likeness (QED) is 0.276. The SMILES string of the molecule is COc1ccc(C(OC2=C3NC(=O)C(c4ccccc4)=CN3[C@H]3CC(O)[C@@H]2O3)(c2ccccc2)c2ccc(OC)cc2)cc1. The first-order valence-corrected chi connectivity index (χ1v) is 14.5. The Labute approximate surface area is 255 Å². The van der Waals surface area contributed by atoms with Gasteiger partial charge in [-0.2, -0.15) is 0 Å². The molecule has 0 saturated carbocycles. The summed E-state index contributed by atoms with van der Waals surface area (Å²) in [7, 11) is 3.25. The number of hydrogen-bond acceptors (Lipinski definition) is 7. The van der Waals surface area contributed by atoms with Crippen LogP contribution in [0.5, 0.6) is 11.5 Å². The number of aliphatic hydroxyl groups is 1. The summed E-state index contributed by atoms with van der Waals surface area (Å²) in [5.74, 6) is 1.92. The molecule has 0 aromatic heterocycles. The Balaban J connectivity index is 1.45. The number of amides is 1. The lowest BCUT2D eigenvalue weighted by atomic mass is 9.79. The molecule has 3 aliphatic rings. The zero-order valence-corrected chi connectivity index (χ0v) is 24.3.